The Kier molecular flexibility index (Phi) is 2.87. The molecule has 0 saturated carbocycles. The number of rotatable bonds is 2. The molecule has 0 unspecified atom stereocenters. The Morgan fingerprint density at radius 2 is 1.93 bits per heavy atom. The van der Waals surface area contributed by atoms with E-state index in [4.69, 9.17) is 4.42 Å². The van der Waals surface area contributed by atoms with Gasteiger partial charge in [0.2, 0.25) is 5.76 Å². The summed E-state index contributed by atoms with van der Waals surface area (Å²) in [7, 11) is 0. The topological polar surface area (TPSA) is 42.2 Å². The fourth-order valence-electron chi connectivity index (χ4n) is 1.17. The molecule has 0 bridgehead atoms. The maximum atomic E-state index is 11.7. The van der Waals surface area contributed by atoms with Crippen molar-refractivity contribution in [2.45, 2.75) is 0 Å². The predicted octanol–water partition coefficient (Wildman–Crippen LogP) is 3.29. The van der Waals surface area contributed by atoms with Crippen molar-refractivity contribution in [3.8, 4) is 0 Å². The fourth-order valence-corrected chi connectivity index (χ4v) is 1.55. The van der Waals surface area contributed by atoms with Gasteiger partial charge in [-0.25, -0.2) is 0 Å². The first kappa shape index (κ1) is 9.98. The van der Waals surface area contributed by atoms with Crippen LogP contribution in [0.25, 0.3) is 0 Å². The molecule has 0 aliphatic carbocycles. The molecule has 15 heavy (non-hydrogen) atoms. The highest BCUT2D eigenvalue weighted by Crippen LogP contribution is 2.18. The summed E-state index contributed by atoms with van der Waals surface area (Å²) < 4.78 is 5.69. The van der Waals surface area contributed by atoms with E-state index in [2.05, 4.69) is 21.2 Å². The number of para-hydroxylation sites is 1. The highest BCUT2D eigenvalue weighted by Gasteiger charge is 2.13. The smallest absolute Gasteiger partial charge is 0.292 e. The third kappa shape index (κ3) is 2.27. The summed E-state index contributed by atoms with van der Waals surface area (Å²) in [5, 5.41) is 2.72. The molecule has 1 N–H and O–H groups in total. The fraction of sp³-hybridized carbons (Fsp3) is 0. The summed E-state index contributed by atoms with van der Waals surface area (Å²) in [5.41, 5.74) is 0.741. The van der Waals surface area contributed by atoms with Gasteiger partial charge in [0.1, 0.15) is 0 Å². The van der Waals surface area contributed by atoms with Crippen LogP contribution in [0.2, 0.25) is 0 Å². The lowest BCUT2D eigenvalue weighted by molar-refractivity contribution is 0.0995. The molecule has 76 valence electrons. The van der Waals surface area contributed by atoms with E-state index in [0.717, 1.165) is 5.69 Å². The van der Waals surface area contributed by atoms with E-state index in [1.165, 1.54) is 6.26 Å². The van der Waals surface area contributed by atoms with Crippen molar-refractivity contribution in [1.29, 1.82) is 0 Å². The molecule has 0 aliphatic heterocycles. The molecule has 0 spiro atoms. The van der Waals surface area contributed by atoms with Crippen molar-refractivity contribution in [2.24, 2.45) is 0 Å². The number of amides is 1. The maximum absolute atomic E-state index is 11.7. The van der Waals surface area contributed by atoms with Crippen LogP contribution in [0.15, 0.2) is 51.6 Å². The summed E-state index contributed by atoms with van der Waals surface area (Å²) >= 11 is 3.23. The molecule has 0 saturated heterocycles. The van der Waals surface area contributed by atoms with Crippen LogP contribution in [0, 0.1) is 0 Å². The van der Waals surface area contributed by atoms with Gasteiger partial charge in [-0.05, 0) is 34.1 Å². The largest absolute Gasteiger partial charge is 0.458 e. The summed E-state index contributed by atoms with van der Waals surface area (Å²) in [4.78, 5) is 11.7. The Labute approximate surface area is 95.2 Å². The van der Waals surface area contributed by atoms with Gasteiger partial charge in [-0.3, -0.25) is 4.79 Å². The molecule has 1 amide bonds. The summed E-state index contributed by atoms with van der Waals surface area (Å²) in [6, 6.07) is 10.9. The lowest BCUT2D eigenvalue weighted by atomic mass is 10.3. The molecule has 2 rings (SSSR count). The summed E-state index contributed by atoms with van der Waals surface area (Å²) in [5.74, 6) is 0.0110. The van der Waals surface area contributed by atoms with E-state index < -0.39 is 0 Å². The third-order valence-electron chi connectivity index (χ3n) is 1.86. The molecule has 1 aromatic carbocycles. The number of carbonyl (C=O) groups excluding carboxylic acids is 1. The van der Waals surface area contributed by atoms with E-state index in [9.17, 15) is 4.79 Å². The second-order valence-corrected chi connectivity index (χ2v) is 3.77. The standard InChI is InChI=1S/C11H8BrNO2/c12-9-6-7-15-10(9)11(14)13-8-4-2-1-3-5-8/h1-7H,(H,13,14). The number of furan rings is 1. The molecular weight excluding hydrogens is 258 g/mol. The Morgan fingerprint density at radius 3 is 2.53 bits per heavy atom. The summed E-state index contributed by atoms with van der Waals surface area (Å²) in [6.45, 7) is 0. The minimum atomic E-state index is -0.266. The quantitative estimate of drug-likeness (QED) is 0.906. The molecule has 3 nitrogen and oxygen atoms in total. The average molecular weight is 266 g/mol. The molecule has 0 radical (unpaired) electrons. The minimum absolute atomic E-state index is 0.266. The van der Waals surface area contributed by atoms with E-state index in [1.54, 1.807) is 6.07 Å². The van der Waals surface area contributed by atoms with E-state index in [1.807, 2.05) is 30.3 Å². The van der Waals surface area contributed by atoms with Gasteiger partial charge in [0.05, 0.1) is 10.7 Å². The van der Waals surface area contributed by atoms with Gasteiger partial charge >= 0.3 is 0 Å². The van der Waals surface area contributed by atoms with Crippen LogP contribution in [0.5, 0.6) is 0 Å². The summed E-state index contributed by atoms with van der Waals surface area (Å²) in [6.07, 6.45) is 1.46. The lowest BCUT2D eigenvalue weighted by Gasteiger charge is -2.02. The van der Waals surface area contributed by atoms with Gasteiger partial charge < -0.3 is 9.73 Å². The van der Waals surface area contributed by atoms with Crippen molar-refractivity contribution in [3.05, 3.63) is 52.9 Å². The monoisotopic (exact) mass is 265 g/mol. The Hall–Kier alpha value is -1.55. The van der Waals surface area contributed by atoms with Gasteiger partial charge in [-0.15, -0.1) is 0 Å². The number of nitrogens with one attached hydrogen (secondary N) is 1. The molecule has 0 fully saturated rings. The third-order valence-corrected chi connectivity index (χ3v) is 2.48. The highest BCUT2D eigenvalue weighted by molar-refractivity contribution is 9.10. The molecule has 2 aromatic rings. The molecule has 1 aromatic heterocycles. The van der Waals surface area contributed by atoms with Crippen LogP contribution in [0.1, 0.15) is 10.6 Å². The van der Waals surface area contributed by atoms with Crippen molar-refractivity contribution in [2.75, 3.05) is 5.32 Å². The van der Waals surface area contributed by atoms with Crippen LogP contribution < -0.4 is 5.32 Å². The average Bonchev–Trinajstić information content (AvgIpc) is 2.66. The van der Waals surface area contributed by atoms with E-state index in [-0.39, 0.29) is 11.7 Å². The van der Waals surface area contributed by atoms with Crippen LogP contribution >= 0.6 is 15.9 Å². The predicted molar refractivity (Wildman–Crippen MR) is 60.8 cm³/mol. The van der Waals surface area contributed by atoms with Crippen molar-refractivity contribution < 1.29 is 9.21 Å². The van der Waals surface area contributed by atoms with Gasteiger partial charge in [-0.2, -0.15) is 0 Å². The second-order valence-electron chi connectivity index (χ2n) is 2.92. The number of anilines is 1. The first-order valence-electron chi connectivity index (χ1n) is 4.37. The van der Waals surface area contributed by atoms with Crippen LogP contribution in [-0.4, -0.2) is 5.91 Å². The zero-order valence-corrected chi connectivity index (χ0v) is 9.32. The van der Waals surface area contributed by atoms with Crippen molar-refractivity contribution in [3.63, 3.8) is 0 Å². The first-order valence-corrected chi connectivity index (χ1v) is 5.16. The van der Waals surface area contributed by atoms with Gasteiger partial charge in [-0.1, -0.05) is 18.2 Å². The number of hydrogen-bond donors (Lipinski definition) is 1. The number of hydrogen-bond acceptors (Lipinski definition) is 2. The molecular formula is C11H8BrNO2. The number of benzene rings is 1. The van der Waals surface area contributed by atoms with Crippen molar-refractivity contribution in [1.82, 2.24) is 0 Å². The lowest BCUT2D eigenvalue weighted by Crippen LogP contribution is -2.11. The first-order chi connectivity index (χ1) is 7.27. The van der Waals surface area contributed by atoms with Gasteiger partial charge in [0.15, 0.2) is 0 Å². The Morgan fingerprint density at radius 1 is 1.20 bits per heavy atom. The zero-order valence-electron chi connectivity index (χ0n) is 7.74. The van der Waals surface area contributed by atoms with Crippen LogP contribution in [-0.2, 0) is 0 Å². The zero-order chi connectivity index (χ0) is 10.7. The SMILES string of the molecule is O=C(Nc1ccccc1)c1occc1Br. The Balaban J connectivity index is 2.15. The molecule has 0 aliphatic rings. The molecule has 4 heteroatoms. The number of carbonyl (C=O) groups is 1. The highest BCUT2D eigenvalue weighted by atomic mass is 79.9. The normalized spacial score (nSPS) is 9.93. The van der Waals surface area contributed by atoms with Crippen LogP contribution in [0.4, 0.5) is 5.69 Å². The second kappa shape index (κ2) is 4.31. The van der Waals surface area contributed by atoms with Gasteiger partial charge in [0.25, 0.3) is 5.91 Å². The maximum Gasteiger partial charge on any atom is 0.292 e. The number of halogens is 1. The van der Waals surface area contributed by atoms with Gasteiger partial charge in [0, 0.05) is 5.69 Å². The molecule has 0 atom stereocenters. The Bertz CT molecular complexity index is 464. The van der Waals surface area contributed by atoms with Crippen LogP contribution in [0.3, 0.4) is 0 Å². The van der Waals surface area contributed by atoms with E-state index >= 15 is 0 Å². The minimum Gasteiger partial charge on any atom is -0.458 e. The van der Waals surface area contributed by atoms with E-state index in [0.29, 0.717) is 4.47 Å². The molecule has 1 heterocycles. The van der Waals surface area contributed by atoms with Crippen molar-refractivity contribution >= 4 is 27.5 Å².